The van der Waals surface area contributed by atoms with E-state index >= 15 is 0 Å². The number of aromatic nitrogens is 4. The molecule has 5 heterocycles. The standard InChI is InChI=1S/C65H68N8/c1-13-64(12)63-72(50-35-40(3)33-41(4)36-50)60-62(69-54(39-67-60)58-45(8)25-21-26-46(58)9)73(63)55-31-19-18-30-52(55)65(64,14-2)32-22-29-51-47(10)34-42(5)37-56(51)71-48(11)70(49-27-16-15-17-28-49)61-59(71)66-38-53(68-61)57-43(6)23-20-24-44(57)7/h15-28,30-39,48,63H,13-14,29H2,1-12H3. The summed E-state index contributed by atoms with van der Waals surface area (Å²) in [5.41, 5.74) is 20.2. The minimum Gasteiger partial charge on any atom is -0.302 e. The first-order chi connectivity index (χ1) is 35.2. The molecule has 0 bridgehead atoms. The largest absolute Gasteiger partial charge is 0.302 e. The van der Waals surface area contributed by atoms with Crippen molar-refractivity contribution in [2.75, 3.05) is 19.6 Å². The molecule has 4 atom stereocenters. The molecule has 0 spiro atoms. The molecule has 0 saturated heterocycles. The van der Waals surface area contributed by atoms with Crippen molar-refractivity contribution in [2.24, 2.45) is 5.41 Å². The van der Waals surface area contributed by atoms with Crippen molar-refractivity contribution in [3.63, 3.8) is 0 Å². The van der Waals surface area contributed by atoms with Crippen LogP contribution in [0.2, 0.25) is 0 Å². The summed E-state index contributed by atoms with van der Waals surface area (Å²) >= 11 is 0. The van der Waals surface area contributed by atoms with E-state index in [1.54, 1.807) is 0 Å². The van der Waals surface area contributed by atoms with Crippen LogP contribution in [-0.4, -0.2) is 32.3 Å². The lowest BCUT2D eigenvalue weighted by Gasteiger charge is -2.59. The van der Waals surface area contributed by atoms with Crippen LogP contribution in [0.4, 0.5) is 46.0 Å². The van der Waals surface area contributed by atoms with E-state index in [-0.39, 0.29) is 23.2 Å². The zero-order valence-electron chi connectivity index (χ0n) is 44.7. The highest BCUT2D eigenvalue weighted by Gasteiger charge is 2.62. The molecule has 0 fully saturated rings. The van der Waals surface area contributed by atoms with Crippen LogP contribution in [0.3, 0.4) is 0 Å². The Bertz CT molecular complexity index is 3430. The Balaban J connectivity index is 1.05. The van der Waals surface area contributed by atoms with Crippen LogP contribution in [0.15, 0.2) is 146 Å². The molecule has 3 aliphatic rings. The smallest absolute Gasteiger partial charge is 0.179 e. The van der Waals surface area contributed by atoms with E-state index in [2.05, 4.69) is 236 Å². The van der Waals surface area contributed by atoms with E-state index in [0.29, 0.717) is 0 Å². The quantitative estimate of drug-likeness (QED) is 0.126. The summed E-state index contributed by atoms with van der Waals surface area (Å²) in [6.07, 6.45) is 11.4. The lowest BCUT2D eigenvalue weighted by molar-refractivity contribution is 0.119. The van der Waals surface area contributed by atoms with Gasteiger partial charge in [-0.3, -0.25) is 0 Å². The number of benzene rings is 6. The van der Waals surface area contributed by atoms with E-state index in [4.69, 9.17) is 19.9 Å². The molecule has 0 radical (unpaired) electrons. The molecule has 0 N–H and O–H groups in total. The maximum atomic E-state index is 5.65. The fourth-order valence-corrected chi connectivity index (χ4v) is 13.2. The molecule has 0 amide bonds. The SMILES string of the molecule is CCC1(C=CCc2c(C)cc(C)cc2N2c3ncc(-c4c(C)cccc4C)nc3N(c3ccccc3)C2C)c2ccccc2N2c3nc(-c4c(C)cccc4C)cnc3N(c3cc(C)cc(C)c3)C2C1(C)CC. The number of rotatable bonds is 10. The number of allylic oxidation sites excluding steroid dienone is 2. The third-order valence-electron chi connectivity index (χ3n) is 16.7. The molecule has 0 aliphatic carbocycles. The number of aryl methyl sites for hydroxylation is 8. The van der Waals surface area contributed by atoms with Gasteiger partial charge < -0.3 is 19.6 Å². The second-order valence-electron chi connectivity index (χ2n) is 21.3. The molecular weight excluding hydrogens is 893 g/mol. The number of para-hydroxylation sites is 2. The Labute approximate surface area is 433 Å². The minimum absolute atomic E-state index is 0.103. The van der Waals surface area contributed by atoms with Crippen LogP contribution in [0.5, 0.6) is 0 Å². The van der Waals surface area contributed by atoms with Crippen molar-refractivity contribution >= 4 is 46.0 Å². The first kappa shape index (κ1) is 47.7. The molecule has 4 unspecified atom stereocenters. The Hall–Kier alpha value is -7.58. The lowest BCUT2D eigenvalue weighted by atomic mass is 9.54. The summed E-state index contributed by atoms with van der Waals surface area (Å²) in [5.74, 6) is 3.52. The van der Waals surface area contributed by atoms with E-state index < -0.39 is 0 Å². The van der Waals surface area contributed by atoms with Gasteiger partial charge in [-0.1, -0.05) is 118 Å². The molecule has 8 heteroatoms. The van der Waals surface area contributed by atoms with Gasteiger partial charge in [-0.2, -0.15) is 0 Å². The minimum atomic E-state index is -0.375. The molecule has 73 heavy (non-hydrogen) atoms. The van der Waals surface area contributed by atoms with Crippen LogP contribution < -0.4 is 19.6 Å². The molecule has 8 aromatic rings. The first-order valence-electron chi connectivity index (χ1n) is 26.2. The number of nitrogens with zero attached hydrogens (tertiary/aromatic N) is 8. The maximum absolute atomic E-state index is 5.65. The summed E-state index contributed by atoms with van der Waals surface area (Å²) in [4.78, 5) is 31.8. The highest BCUT2D eigenvalue weighted by molar-refractivity contribution is 5.90. The van der Waals surface area contributed by atoms with Crippen LogP contribution in [0.25, 0.3) is 22.5 Å². The van der Waals surface area contributed by atoms with Gasteiger partial charge in [-0.05, 0) is 174 Å². The van der Waals surface area contributed by atoms with Gasteiger partial charge in [0.15, 0.2) is 23.3 Å². The van der Waals surface area contributed by atoms with Gasteiger partial charge in [-0.15, -0.1) is 0 Å². The average molecular weight is 961 g/mol. The second kappa shape index (κ2) is 18.2. The monoisotopic (exact) mass is 961 g/mol. The van der Waals surface area contributed by atoms with E-state index in [1.807, 2.05) is 12.4 Å². The van der Waals surface area contributed by atoms with Crippen LogP contribution in [0, 0.1) is 60.8 Å². The molecule has 368 valence electrons. The molecular formula is C65H68N8. The summed E-state index contributed by atoms with van der Waals surface area (Å²) in [6.45, 7) is 27.1. The van der Waals surface area contributed by atoms with Crippen molar-refractivity contribution in [1.82, 2.24) is 19.9 Å². The predicted molar refractivity (Wildman–Crippen MR) is 304 cm³/mol. The average Bonchev–Trinajstić information content (AvgIpc) is 3.87. The summed E-state index contributed by atoms with van der Waals surface area (Å²) in [7, 11) is 0. The number of hydrogen-bond donors (Lipinski definition) is 0. The van der Waals surface area contributed by atoms with Gasteiger partial charge >= 0.3 is 0 Å². The Morgan fingerprint density at radius 3 is 1.64 bits per heavy atom. The number of fused-ring (bicyclic) bond motifs is 6. The van der Waals surface area contributed by atoms with Crippen molar-refractivity contribution in [2.45, 2.75) is 120 Å². The van der Waals surface area contributed by atoms with E-state index in [1.165, 1.54) is 61.3 Å². The highest BCUT2D eigenvalue weighted by Crippen LogP contribution is 2.64. The fourth-order valence-electron chi connectivity index (χ4n) is 13.2. The first-order valence-corrected chi connectivity index (χ1v) is 26.2. The third-order valence-corrected chi connectivity index (χ3v) is 16.7. The van der Waals surface area contributed by atoms with Crippen molar-refractivity contribution in [3.8, 4) is 22.5 Å². The van der Waals surface area contributed by atoms with Crippen molar-refractivity contribution in [1.29, 1.82) is 0 Å². The van der Waals surface area contributed by atoms with Crippen LogP contribution >= 0.6 is 0 Å². The van der Waals surface area contributed by atoms with Gasteiger partial charge in [0.2, 0.25) is 0 Å². The molecule has 0 saturated carbocycles. The summed E-state index contributed by atoms with van der Waals surface area (Å²) in [5, 5.41) is 0. The predicted octanol–water partition coefficient (Wildman–Crippen LogP) is 16.2. The van der Waals surface area contributed by atoms with Gasteiger partial charge in [0.25, 0.3) is 0 Å². The molecule has 3 aliphatic heterocycles. The second-order valence-corrected chi connectivity index (χ2v) is 21.3. The zero-order valence-corrected chi connectivity index (χ0v) is 44.7. The third kappa shape index (κ3) is 7.46. The van der Waals surface area contributed by atoms with Crippen LogP contribution in [-0.2, 0) is 11.8 Å². The van der Waals surface area contributed by atoms with Crippen molar-refractivity contribution < 1.29 is 0 Å². The van der Waals surface area contributed by atoms with Gasteiger partial charge in [0.1, 0.15) is 12.3 Å². The van der Waals surface area contributed by atoms with Gasteiger partial charge in [0.05, 0.1) is 23.8 Å². The Morgan fingerprint density at radius 2 is 1.05 bits per heavy atom. The number of hydrogen-bond acceptors (Lipinski definition) is 8. The summed E-state index contributed by atoms with van der Waals surface area (Å²) in [6, 6.07) is 44.3. The van der Waals surface area contributed by atoms with Gasteiger partial charge in [0, 0.05) is 44.7 Å². The highest BCUT2D eigenvalue weighted by atomic mass is 15.5. The fraction of sp³-hybridized carbons (Fsp3) is 0.292. The van der Waals surface area contributed by atoms with Crippen LogP contribution in [0.1, 0.15) is 96.2 Å². The van der Waals surface area contributed by atoms with Gasteiger partial charge in [-0.25, -0.2) is 19.9 Å². The Kier molecular flexibility index (Phi) is 11.9. The van der Waals surface area contributed by atoms with Crippen molar-refractivity contribution in [3.05, 3.63) is 202 Å². The Morgan fingerprint density at radius 1 is 0.507 bits per heavy atom. The van der Waals surface area contributed by atoms with E-state index in [9.17, 15) is 0 Å². The number of anilines is 8. The topological polar surface area (TPSA) is 64.5 Å². The zero-order chi connectivity index (χ0) is 51.1. The normalized spacial score (nSPS) is 19.9. The molecule has 8 nitrogen and oxygen atoms in total. The lowest BCUT2D eigenvalue weighted by Crippen LogP contribution is -2.62. The summed E-state index contributed by atoms with van der Waals surface area (Å²) < 4.78 is 0. The molecule has 11 rings (SSSR count). The molecule has 2 aromatic heterocycles. The maximum Gasteiger partial charge on any atom is 0.179 e. The van der Waals surface area contributed by atoms with E-state index in [0.717, 1.165) is 82.1 Å². The molecule has 6 aromatic carbocycles.